The minimum atomic E-state index is -0.260. The summed E-state index contributed by atoms with van der Waals surface area (Å²) < 4.78 is 16.7. The molecule has 0 bridgehead atoms. The first-order valence-corrected chi connectivity index (χ1v) is 9.73. The number of amides is 1. The Labute approximate surface area is 170 Å². The molecule has 0 radical (unpaired) electrons. The van der Waals surface area contributed by atoms with Crippen LogP contribution >= 0.6 is 12.2 Å². The minimum Gasteiger partial charge on any atom is -0.490 e. The van der Waals surface area contributed by atoms with Crippen LogP contribution in [0.25, 0.3) is 0 Å². The molecule has 7 heteroatoms. The highest BCUT2D eigenvalue weighted by Gasteiger charge is 2.16. The topological polar surface area (TPSA) is 68.8 Å². The molecule has 1 saturated heterocycles. The molecule has 6 nitrogen and oxygen atoms in total. The molecular weight excluding hydrogens is 376 g/mol. The number of thiocarbonyl (C=S) groups is 1. The van der Waals surface area contributed by atoms with Crippen LogP contribution in [-0.4, -0.2) is 43.5 Å². The third-order valence-electron chi connectivity index (χ3n) is 4.22. The maximum Gasteiger partial charge on any atom is 0.257 e. The van der Waals surface area contributed by atoms with Crippen molar-refractivity contribution in [2.75, 3.05) is 26.4 Å². The van der Waals surface area contributed by atoms with E-state index < -0.39 is 0 Å². The van der Waals surface area contributed by atoms with E-state index in [1.165, 1.54) is 0 Å². The van der Waals surface area contributed by atoms with Crippen LogP contribution in [0.15, 0.2) is 54.6 Å². The Kier molecular flexibility index (Phi) is 7.63. The molecule has 0 saturated carbocycles. The molecule has 1 amide bonds. The second-order valence-corrected chi connectivity index (χ2v) is 6.74. The summed E-state index contributed by atoms with van der Waals surface area (Å²) in [5.74, 6) is 1.22. The molecule has 148 valence electrons. The number of hydrogen-bond donors (Lipinski definition) is 2. The molecule has 2 aromatic carbocycles. The van der Waals surface area contributed by atoms with Crippen molar-refractivity contribution >= 4 is 23.2 Å². The smallest absolute Gasteiger partial charge is 0.257 e. The van der Waals surface area contributed by atoms with E-state index in [1.54, 1.807) is 24.3 Å². The van der Waals surface area contributed by atoms with Crippen molar-refractivity contribution in [2.45, 2.75) is 18.9 Å². The molecule has 1 atom stereocenters. The lowest BCUT2D eigenvalue weighted by molar-refractivity contribution is 0.0973. The van der Waals surface area contributed by atoms with E-state index in [9.17, 15) is 4.79 Å². The summed E-state index contributed by atoms with van der Waals surface area (Å²) in [5, 5.41) is 6.00. The molecule has 2 aromatic rings. The molecule has 28 heavy (non-hydrogen) atoms. The van der Waals surface area contributed by atoms with E-state index in [4.69, 9.17) is 26.4 Å². The van der Waals surface area contributed by atoms with Gasteiger partial charge in [0.25, 0.3) is 5.91 Å². The van der Waals surface area contributed by atoms with Gasteiger partial charge >= 0.3 is 0 Å². The molecule has 0 spiro atoms. The lowest BCUT2D eigenvalue weighted by Crippen LogP contribution is -2.42. The van der Waals surface area contributed by atoms with E-state index in [0.29, 0.717) is 36.2 Å². The Hall–Kier alpha value is -2.64. The summed E-state index contributed by atoms with van der Waals surface area (Å²) >= 11 is 5.16. The zero-order valence-electron chi connectivity index (χ0n) is 15.6. The summed E-state index contributed by atoms with van der Waals surface area (Å²) in [4.78, 5) is 12.2. The fourth-order valence-corrected chi connectivity index (χ4v) is 2.95. The Bertz CT molecular complexity index is 762. The SMILES string of the molecule is O=C(NC(=S)NC[C@H]1CCCO1)c1ccc(OCCOc2ccccc2)cc1. The Morgan fingerprint density at radius 3 is 2.36 bits per heavy atom. The van der Waals surface area contributed by atoms with E-state index in [0.717, 1.165) is 25.2 Å². The first-order valence-electron chi connectivity index (χ1n) is 9.32. The molecule has 1 aliphatic heterocycles. The van der Waals surface area contributed by atoms with Gasteiger partial charge in [0.2, 0.25) is 0 Å². The van der Waals surface area contributed by atoms with Crippen molar-refractivity contribution in [3.8, 4) is 11.5 Å². The third-order valence-corrected chi connectivity index (χ3v) is 4.47. The monoisotopic (exact) mass is 400 g/mol. The van der Waals surface area contributed by atoms with Crippen LogP contribution in [0.1, 0.15) is 23.2 Å². The number of carbonyl (C=O) groups excluding carboxylic acids is 1. The standard InChI is InChI=1S/C21H24N2O4S/c24-20(23-21(28)22-15-19-7-4-12-25-19)16-8-10-18(11-9-16)27-14-13-26-17-5-2-1-3-6-17/h1-3,5-6,8-11,19H,4,7,12-15H2,(H2,22,23,24,28)/t19-/m1/s1. The fourth-order valence-electron chi connectivity index (χ4n) is 2.77. The van der Waals surface area contributed by atoms with Crippen molar-refractivity contribution in [1.29, 1.82) is 0 Å². The van der Waals surface area contributed by atoms with Crippen LogP contribution in [0.2, 0.25) is 0 Å². The summed E-state index contributed by atoms with van der Waals surface area (Å²) in [5.41, 5.74) is 0.508. The summed E-state index contributed by atoms with van der Waals surface area (Å²) in [6.07, 6.45) is 2.25. The predicted octanol–water partition coefficient (Wildman–Crippen LogP) is 2.93. The number of para-hydroxylation sites is 1. The second-order valence-electron chi connectivity index (χ2n) is 6.33. The largest absolute Gasteiger partial charge is 0.490 e. The van der Waals surface area contributed by atoms with Gasteiger partial charge in [-0.05, 0) is 61.5 Å². The summed E-state index contributed by atoms with van der Waals surface area (Å²) in [6.45, 7) is 2.25. The lowest BCUT2D eigenvalue weighted by Gasteiger charge is -2.13. The molecule has 0 aliphatic carbocycles. The third kappa shape index (κ3) is 6.51. The van der Waals surface area contributed by atoms with Crippen LogP contribution in [0.5, 0.6) is 11.5 Å². The number of carbonyl (C=O) groups is 1. The van der Waals surface area contributed by atoms with Crippen molar-refractivity contribution in [3.63, 3.8) is 0 Å². The van der Waals surface area contributed by atoms with Crippen LogP contribution in [0.4, 0.5) is 0 Å². The molecular formula is C21H24N2O4S. The molecule has 1 heterocycles. The fraction of sp³-hybridized carbons (Fsp3) is 0.333. The van der Waals surface area contributed by atoms with Crippen LogP contribution in [0.3, 0.4) is 0 Å². The maximum atomic E-state index is 12.2. The average Bonchev–Trinajstić information content (AvgIpc) is 3.25. The first-order chi connectivity index (χ1) is 13.7. The van der Waals surface area contributed by atoms with Crippen molar-refractivity contribution in [1.82, 2.24) is 10.6 Å². The van der Waals surface area contributed by atoms with Gasteiger partial charge in [-0.25, -0.2) is 0 Å². The Morgan fingerprint density at radius 1 is 1.04 bits per heavy atom. The van der Waals surface area contributed by atoms with Crippen molar-refractivity contribution in [2.24, 2.45) is 0 Å². The van der Waals surface area contributed by atoms with Gasteiger partial charge in [-0.2, -0.15) is 0 Å². The number of hydrogen-bond acceptors (Lipinski definition) is 5. The number of rotatable bonds is 8. The van der Waals surface area contributed by atoms with Crippen LogP contribution in [0, 0.1) is 0 Å². The second kappa shape index (κ2) is 10.6. The number of ether oxygens (including phenoxy) is 3. The van der Waals surface area contributed by atoms with E-state index in [2.05, 4.69) is 10.6 Å². The minimum absolute atomic E-state index is 0.164. The average molecular weight is 401 g/mol. The molecule has 2 N–H and O–H groups in total. The van der Waals surface area contributed by atoms with E-state index >= 15 is 0 Å². The summed E-state index contributed by atoms with van der Waals surface area (Å²) in [7, 11) is 0. The molecule has 0 unspecified atom stereocenters. The zero-order chi connectivity index (χ0) is 19.6. The van der Waals surface area contributed by atoms with Gasteiger partial charge in [0.05, 0.1) is 6.10 Å². The van der Waals surface area contributed by atoms with Gasteiger partial charge in [-0.15, -0.1) is 0 Å². The molecule has 3 rings (SSSR count). The summed E-state index contributed by atoms with van der Waals surface area (Å²) in [6, 6.07) is 16.5. The highest BCUT2D eigenvalue weighted by molar-refractivity contribution is 7.80. The van der Waals surface area contributed by atoms with Crippen LogP contribution < -0.4 is 20.1 Å². The van der Waals surface area contributed by atoms with E-state index in [1.807, 2.05) is 30.3 Å². The van der Waals surface area contributed by atoms with Crippen molar-refractivity contribution in [3.05, 3.63) is 60.2 Å². The number of nitrogens with one attached hydrogen (secondary N) is 2. The van der Waals surface area contributed by atoms with Crippen molar-refractivity contribution < 1.29 is 19.0 Å². The van der Waals surface area contributed by atoms with Gasteiger partial charge < -0.3 is 19.5 Å². The number of benzene rings is 2. The van der Waals surface area contributed by atoms with Crippen LogP contribution in [-0.2, 0) is 4.74 Å². The zero-order valence-corrected chi connectivity index (χ0v) is 16.4. The molecule has 0 aromatic heterocycles. The van der Waals surface area contributed by atoms with Gasteiger partial charge in [0.1, 0.15) is 24.7 Å². The normalized spacial score (nSPS) is 15.6. The first kappa shape index (κ1) is 20.1. The predicted molar refractivity (Wildman–Crippen MR) is 111 cm³/mol. The highest BCUT2D eigenvalue weighted by Crippen LogP contribution is 2.13. The Morgan fingerprint density at radius 2 is 1.71 bits per heavy atom. The van der Waals surface area contributed by atoms with Gasteiger partial charge in [-0.3, -0.25) is 10.1 Å². The quantitative estimate of drug-likeness (QED) is 0.525. The van der Waals surface area contributed by atoms with E-state index in [-0.39, 0.29) is 12.0 Å². The molecule has 1 aliphatic rings. The highest BCUT2D eigenvalue weighted by atomic mass is 32.1. The molecule has 1 fully saturated rings. The Balaban J connectivity index is 1.36. The van der Waals surface area contributed by atoms with Gasteiger partial charge in [0, 0.05) is 18.7 Å². The van der Waals surface area contributed by atoms with Gasteiger partial charge in [-0.1, -0.05) is 18.2 Å². The maximum absolute atomic E-state index is 12.2. The lowest BCUT2D eigenvalue weighted by atomic mass is 10.2. The van der Waals surface area contributed by atoms with Gasteiger partial charge in [0.15, 0.2) is 5.11 Å².